The number of amides is 1. The first kappa shape index (κ1) is 22.0. The van der Waals surface area contributed by atoms with Crippen molar-refractivity contribution in [2.45, 2.75) is 26.2 Å². The quantitative estimate of drug-likeness (QED) is 0.523. The third-order valence-electron chi connectivity index (χ3n) is 5.85. The van der Waals surface area contributed by atoms with E-state index in [1.165, 1.54) is 0 Å². The van der Waals surface area contributed by atoms with Crippen molar-refractivity contribution in [1.29, 1.82) is 0 Å². The first-order valence-electron chi connectivity index (χ1n) is 11.3. The minimum Gasteiger partial charge on any atom is -0.466 e. The minimum atomic E-state index is -0.168. The molecule has 0 spiro atoms. The lowest BCUT2D eigenvalue weighted by Gasteiger charge is -2.21. The average Bonchev–Trinajstić information content (AvgIpc) is 3.12. The van der Waals surface area contributed by atoms with Crippen molar-refractivity contribution in [2.24, 2.45) is 0 Å². The van der Waals surface area contributed by atoms with Crippen LogP contribution in [0.2, 0.25) is 0 Å². The molecule has 5 nitrogen and oxygen atoms in total. The van der Waals surface area contributed by atoms with Crippen molar-refractivity contribution in [3.05, 3.63) is 71.8 Å². The number of hydrogen-bond donors (Lipinski definition) is 0. The normalized spacial score (nSPS) is 14.2. The molecular weight excluding hydrogens is 402 g/mol. The Hall–Kier alpha value is -3.18. The van der Waals surface area contributed by atoms with Crippen molar-refractivity contribution in [1.82, 2.24) is 4.90 Å². The Morgan fingerprint density at radius 3 is 2.50 bits per heavy atom. The molecule has 4 rings (SSSR count). The van der Waals surface area contributed by atoms with Gasteiger partial charge in [0.1, 0.15) is 0 Å². The standard InChI is InChI=1S/C27H29NO4/c1-2-32-26(29)15-10-20-8-11-21(12-9-20)22-13-14-25(24-7-4-3-6-23(22)24)27(30)28-16-5-18-31-19-17-28/h3-4,6-9,11-14H,2,5,10,15-19H2,1H3. The van der Waals surface area contributed by atoms with E-state index in [2.05, 4.69) is 30.3 Å². The zero-order valence-electron chi connectivity index (χ0n) is 18.5. The van der Waals surface area contributed by atoms with E-state index in [-0.39, 0.29) is 11.9 Å². The van der Waals surface area contributed by atoms with Crippen molar-refractivity contribution >= 4 is 22.6 Å². The molecular formula is C27H29NO4. The third-order valence-corrected chi connectivity index (χ3v) is 5.85. The van der Waals surface area contributed by atoms with Gasteiger partial charge in [0, 0.05) is 31.7 Å². The topological polar surface area (TPSA) is 55.8 Å². The van der Waals surface area contributed by atoms with E-state index in [1.54, 1.807) is 0 Å². The summed E-state index contributed by atoms with van der Waals surface area (Å²) in [6, 6.07) is 20.3. The molecule has 0 atom stereocenters. The maximum Gasteiger partial charge on any atom is 0.306 e. The van der Waals surface area contributed by atoms with Crippen LogP contribution in [-0.2, 0) is 20.7 Å². The molecule has 3 aromatic carbocycles. The van der Waals surface area contributed by atoms with Crippen molar-refractivity contribution < 1.29 is 19.1 Å². The van der Waals surface area contributed by atoms with Gasteiger partial charge in [-0.1, -0.05) is 54.6 Å². The Labute approximate surface area is 188 Å². The summed E-state index contributed by atoms with van der Waals surface area (Å²) in [4.78, 5) is 26.8. The van der Waals surface area contributed by atoms with Crippen molar-refractivity contribution in [2.75, 3.05) is 32.9 Å². The van der Waals surface area contributed by atoms with Gasteiger partial charge in [0.2, 0.25) is 0 Å². The number of hydrogen-bond acceptors (Lipinski definition) is 4. The second-order valence-corrected chi connectivity index (χ2v) is 7.97. The Morgan fingerprint density at radius 1 is 0.938 bits per heavy atom. The molecule has 1 fully saturated rings. The fraction of sp³-hybridized carbons (Fsp3) is 0.333. The number of carbonyl (C=O) groups is 2. The number of esters is 1. The molecule has 0 N–H and O–H groups in total. The lowest BCUT2D eigenvalue weighted by molar-refractivity contribution is -0.143. The molecule has 166 valence electrons. The summed E-state index contributed by atoms with van der Waals surface area (Å²) in [6.07, 6.45) is 1.91. The van der Waals surface area contributed by atoms with Gasteiger partial charge in [-0.05, 0) is 53.3 Å². The van der Waals surface area contributed by atoms with Gasteiger partial charge >= 0.3 is 5.97 Å². The number of rotatable bonds is 6. The largest absolute Gasteiger partial charge is 0.466 e. The van der Waals surface area contributed by atoms with E-state index < -0.39 is 0 Å². The molecule has 1 aliphatic rings. The average molecular weight is 432 g/mol. The minimum absolute atomic E-state index is 0.0626. The smallest absolute Gasteiger partial charge is 0.306 e. The Bertz CT molecular complexity index is 1080. The van der Waals surface area contributed by atoms with Crippen LogP contribution in [0.4, 0.5) is 0 Å². The summed E-state index contributed by atoms with van der Waals surface area (Å²) in [7, 11) is 0. The van der Waals surface area contributed by atoms with Gasteiger partial charge < -0.3 is 14.4 Å². The number of carbonyl (C=O) groups excluding carboxylic acids is 2. The van der Waals surface area contributed by atoms with Crippen LogP contribution in [0.25, 0.3) is 21.9 Å². The Balaban J connectivity index is 1.60. The van der Waals surface area contributed by atoms with Crippen LogP contribution in [0.15, 0.2) is 60.7 Å². The number of nitrogens with zero attached hydrogens (tertiary/aromatic N) is 1. The molecule has 0 unspecified atom stereocenters. The highest BCUT2D eigenvalue weighted by Gasteiger charge is 2.20. The molecule has 0 bridgehead atoms. The van der Waals surface area contributed by atoms with Gasteiger partial charge in [-0.25, -0.2) is 0 Å². The van der Waals surface area contributed by atoms with E-state index in [9.17, 15) is 9.59 Å². The Kier molecular flexibility index (Phi) is 7.17. The number of fused-ring (bicyclic) bond motifs is 1. The summed E-state index contributed by atoms with van der Waals surface area (Å²) in [6.45, 7) is 4.88. The molecule has 32 heavy (non-hydrogen) atoms. The maximum atomic E-state index is 13.3. The van der Waals surface area contributed by atoms with E-state index in [0.717, 1.165) is 46.0 Å². The third kappa shape index (κ3) is 5.00. The molecule has 1 amide bonds. The number of benzene rings is 3. The molecule has 0 aromatic heterocycles. The zero-order chi connectivity index (χ0) is 22.3. The second-order valence-electron chi connectivity index (χ2n) is 7.97. The van der Waals surface area contributed by atoms with Crippen LogP contribution < -0.4 is 0 Å². The van der Waals surface area contributed by atoms with Gasteiger partial charge in [-0.15, -0.1) is 0 Å². The molecule has 0 aliphatic carbocycles. The lowest BCUT2D eigenvalue weighted by Crippen LogP contribution is -2.33. The summed E-state index contributed by atoms with van der Waals surface area (Å²) in [5, 5.41) is 2.02. The summed E-state index contributed by atoms with van der Waals surface area (Å²) >= 11 is 0. The first-order chi connectivity index (χ1) is 15.7. The molecule has 5 heteroatoms. The fourth-order valence-electron chi connectivity index (χ4n) is 4.19. The number of ether oxygens (including phenoxy) is 2. The van der Waals surface area contributed by atoms with Crippen LogP contribution in [0.3, 0.4) is 0 Å². The zero-order valence-corrected chi connectivity index (χ0v) is 18.5. The summed E-state index contributed by atoms with van der Waals surface area (Å²) < 4.78 is 10.5. The van der Waals surface area contributed by atoms with E-state index in [1.807, 2.05) is 42.2 Å². The highest BCUT2D eigenvalue weighted by Crippen LogP contribution is 2.32. The molecule has 0 saturated carbocycles. The molecule has 3 aromatic rings. The van der Waals surface area contributed by atoms with Gasteiger partial charge in [0.15, 0.2) is 0 Å². The predicted molar refractivity (Wildman–Crippen MR) is 126 cm³/mol. The predicted octanol–water partition coefficient (Wildman–Crippen LogP) is 4.87. The first-order valence-corrected chi connectivity index (χ1v) is 11.3. The number of aryl methyl sites for hydroxylation is 1. The second kappa shape index (κ2) is 10.4. The van der Waals surface area contributed by atoms with Crippen LogP contribution in [0.5, 0.6) is 0 Å². The molecule has 1 aliphatic heterocycles. The SMILES string of the molecule is CCOC(=O)CCc1ccc(-c2ccc(C(=O)N3CCCOCC3)c3ccccc23)cc1. The van der Waals surface area contributed by atoms with Gasteiger partial charge in [-0.2, -0.15) is 0 Å². The molecule has 1 saturated heterocycles. The van der Waals surface area contributed by atoms with E-state index >= 15 is 0 Å². The molecule has 0 radical (unpaired) electrons. The fourth-order valence-corrected chi connectivity index (χ4v) is 4.19. The van der Waals surface area contributed by atoms with Crippen molar-refractivity contribution in [3.63, 3.8) is 0 Å². The van der Waals surface area contributed by atoms with Gasteiger partial charge in [0.05, 0.1) is 13.2 Å². The van der Waals surface area contributed by atoms with Crippen LogP contribution in [0.1, 0.15) is 35.7 Å². The molecule has 1 heterocycles. The monoisotopic (exact) mass is 431 g/mol. The highest BCUT2D eigenvalue weighted by atomic mass is 16.5. The van der Waals surface area contributed by atoms with Crippen LogP contribution >= 0.6 is 0 Å². The lowest BCUT2D eigenvalue weighted by atomic mass is 9.93. The van der Waals surface area contributed by atoms with Gasteiger partial charge in [-0.3, -0.25) is 9.59 Å². The van der Waals surface area contributed by atoms with Crippen LogP contribution in [-0.4, -0.2) is 49.7 Å². The summed E-state index contributed by atoms with van der Waals surface area (Å²) in [5.41, 5.74) is 4.01. The van der Waals surface area contributed by atoms with E-state index in [4.69, 9.17) is 9.47 Å². The highest BCUT2D eigenvalue weighted by molar-refractivity contribution is 6.11. The Morgan fingerprint density at radius 2 is 1.72 bits per heavy atom. The van der Waals surface area contributed by atoms with E-state index in [0.29, 0.717) is 39.2 Å². The summed E-state index contributed by atoms with van der Waals surface area (Å²) in [5.74, 6) is -0.105. The maximum absolute atomic E-state index is 13.3. The van der Waals surface area contributed by atoms with Gasteiger partial charge in [0.25, 0.3) is 5.91 Å². The van der Waals surface area contributed by atoms with Crippen molar-refractivity contribution in [3.8, 4) is 11.1 Å². The van der Waals surface area contributed by atoms with Crippen LogP contribution in [0, 0.1) is 0 Å².